The molecule has 0 aliphatic carbocycles. The summed E-state index contributed by atoms with van der Waals surface area (Å²) in [7, 11) is 0. The Labute approximate surface area is 141 Å². The number of hydrogen-bond acceptors (Lipinski definition) is 2. The zero-order valence-electron chi connectivity index (χ0n) is 13.2. The van der Waals surface area contributed by atoms with E-state index in [2.05, 4.69) is 5.32 Å². The van der Waals surface area contributed by atoms with Gasteiger partial charge >= 0.3 is 6.03 Å². The fraction of sp³-hybridized carbons (Fsp3) is 0.0500. The molecule has 0 spiro atoms. The lowest BCUT2D eigenvalue weighted by Gasteiger charge is -2.18. The number of hydrazine groups is 1. The summed E-state index contributed by atoms with van der Waals surface area (Å²) in [4.78, 5) is 12.3. The van der Waals surface area contributed by atoms with Crippen molar-refractivity contribution < 1.29 is 4.79 Å². The second kappa shape index (κ2) is 7.44. The molecule has 3 N–H and O–H groups in total. The summed E-state index contributed by atoms with van der Waals surface area (Å²) in [6.07, 6.45) is 0. The number of hydrogen-bond donors (Lipinski definition) is 2. The van der Waals surface area contributed by atoms with Gasteiger partial charge in [-0.15, -0.1) is 0 Å². The van der Waals surface area contributed by atoms with Crippen molar-refractivity contribution in [2.75, 3.05) is 5.32 Å². The van der Waals surface area contributed by atoms with E-state index >= 15 is 0 Å². The van der Waals surface area contributed by atoms with Crippen LogP contribution in [0.15, 0.2) is 84.9 Å². The van der Waals surface area contributed by atoms with Crippen molar-refractivity contribution in [3.8, 4) is 11.1 Å². The highest BCUT2D eigenvalue weighted by Gasteiger charge is 2.10. The minimum absolute atomic E-state index is 0.343. The smallest absolute Gasteiger partial charge is 0.307 e. The molecule has 0 saturated carbocycles. The number of anilines is 1. The quantitative estimate of drug-likeness (QED) is 0.429. The Kier molecular flexibility index (Phi) is 4.89. The minimum Gasteiger partial charge on any atom is -0.307 e. The number of urea groups is 1. The van der Waals surface area contributed by atoms with Crippen LogP contribution < -0.4 is 11.2 Å². The van der Waals surface area contributed by atoms with Crippen LogP contribution in [-0.2, 0) is 6.54 Å². The predicted octanol–water partition coefficient (Wildman–Crippen LogP) is 4.26. The monoisotopic (exact) mass is 317 g/mol. The molecule has 4 heteroatoms. The molecule has 0 unspecified atom stereocenters. The van der Waals surface area contributed by atoms with E-state index in [1.165, 1.54) is 5.01 Å². The van der Waals surface area contributed by atoms with E-state index in [-0.39, 0.29) is 6.03 Å². The number of carbonyl (C=O) groups excluding carboxylic acids is 1. The van der Waals surface area contributed by atoms with Crippen molar-refractivity contribution in [1.29, 1.82) is 0 Å². The van der Waals surface area contributed by atoms with E-state index in [0.29, 0.717) is 12.2 Å². The van der Waals surface area contributed by atoms with Crippen molar-refractivity contribution in [2.45, 2.75) is 6.54 Å². The van der Waals surface area contributed by atoms with Gasteiger partial charge in [0, 0.05) is 5.69 Å². The first-order valence-corrected chi connectivity index (χ1v) is 7.75. The van der Waals surface area contributed by atoms with Crippen molar-refractivity contribution in [1.82, 2.24) is 5.01 Å². The Balaban J connectivity index is 1.68. The third-order valence-corrected chi connectivity index (χ3v) is 3.68. The summed E-state index contributed by atoms with van der Waals surface area (Å²) in [5.41, 5.74) is 3.83. The molecule has 0 fully saturated rings. The number of benzene rings is 3. The lowest BCUT2D eigenvalue weighted by atomic mass is 10.1. The average molecular weight is 317 g/mol. The van der Waals surface area contributed by atoms with Gasteiger partial charge in [0.1, 0.15) is 0 Å². The molecule has 3 aromatic rings. The molecular formula is C20H19N3O. The first-order chi connectivity index (χ1) is 11.7. The van der Waals surface area contributed by atoms with Crippen LogP contribution in [0.3, 0.4) is 0 Å². The predicted molar refractivity (Wildman–Crippen MR) is 97.1 cm³/mol. The summed E-state index contributed by atoms with van der Waals surface area (Å²) in [5.74, 6) is 5.87. The molecule has 2 amide bonds. The third-order valence-electron chi connectivity index (χ3n) is 3.68. The maximum Gasteiger partial charge on any atom is 0.336 e. The van der Waals surface area contributed by atoms with Crippen LogP contribution in [0.1, 0.15) is 5.56 Å². The molecule has 3 aromatic carbocycles. The highest BCUT2D eigenvalue weighted by Crippen LogP contribution is 2.22. The Bertz CT molecular complexity index is 803. The van der Waals surface area contributed by atoms with Gasteiger partial charge in [-0.05, 0) is 28.8 Å². The molecule has 3 rings (SSSR count). The van der Waals surface area contributed by atoms with E-state index in [0.717, 1.165) is 16.7 Å². The van der Waals surface area contributed by atoms with Crippen molar-refractivity contribution in [2.24, 2.45) is 5.84 Å². The molecule has 0 atom stereocenters. The van der Waals surface area contributed by atoms with Crippen LogP contribution in [0.25, 0.3) is 11.1 Å². The Morgan fingerprint density at radius 2 is 1.46 bits per heavy atom. The van der Waals surface area contributed by atoms with Gasteiger partial charge in [-0.3, -0.25) is 5.01 Å². The Morgan fingerprint density at radius 1 is 0.833 bits per heavy atom. The highest BCUT2D eigenvalue weighted by molar-refractivity contribution is 5.89. The van der Waals surface area contributed by atoms with Crippen molar-refractivity contribution in [3.05, 3.63) is 90.5 Å². The van der Waals surface area contributed by atoms with Crippen molar-refractivity contribution >= 4 is 11.7 Å². The molecule has 0 aliphatic rings. The molecule has 0 aliphatic heterocycles. The van der Waals surface area contributed by atoms with Crippen LogP contribution in [0.4, 0.5) is 10.5 Å². The number of nitrogens with one attached hydrogen (secondary N) is 1. The van der Waals surface area contributed by atoms with E-state index in [9.17, 15) is 4.79 Å². The van der Waals surface area contributed by atoms with Crippen LogP contribution >= 0.6 is 0 Å². The normalized spacial score (nSPS) is 10.2. The van der Waals surface area contributed by atoms with Gasteiger partial charge in [-0.2, -0.15) is 0 Å². The van der Waals surface area contributed by atoms with Gasteiger partial charge < -0.3 is 5.32 Å². The molecule has 4 nitrogen and oxygen atoms in total. The van der Waals surface area contributed by atoms with Crippen molar-refractivity contribution in [3.63, 3.8) is 0 Å². The second-order valence-corrected chi connectivity index (χ2v) is 5.49. The maximum atomic E-state index is 12.3. The van der Waals surface area contributed by atoms with Gasteiger partial charge in [-0.1, -0.05) is 72.8 Å². The number of carbonyl (C=O) groups is 1. The number of nitrogens with two attached hydrogens (primary N) is 1. The topological polar surface area (TPSA) is 58.4 Å². The maximum absolute atomic E-state index is 12.3. The van der Waals surface area contributed by atoms with E-state index in [1.807, 2.05) is 84.9 Å². The van der Waals surface area contributed by atoms with Gasteiger partial charge in [0.15, 0.2) is 0 Å². The molecular weight excluding hydrogens is 298 g/mol. The summed E-state index contributed by atoms with van der Waals surface area (Å²) in [5, 5.41) is 4.01. The summed E-state index contributed by atoms with van der Waals surface area (Å²) < 4.78 is 0. The molecule has 0 saturated heterocycles. The van der Waals surface area contributed by atoms with Crippen LogP contribution in [-0.4, -0.2) is 11.0 Å². The van der Waals surface area contributed by atoms with E-state index in [1.54, 1.807) is 0 Å². The lowest BCUT2D eigenvalue weighted by molar-refractivity contribution is 0.210. The van der Waals surface area contributed by atoms with Gasteiger partial charge in [0.2, 0.25) is 0 Å². The zero-order chi connectivity index (χ0) is 16.8. The van der Waals surface area contributed by atoms with Gasteiger partial charge in [0.25, 0.3) is 0 Å². The number of rotatable bonds is 4. The first kappa shape index (κ1) is 15.8. The van der Waals surface area contributed by atoms with Gasteiger partial charge in [-0.25, -0.2) is 10.6 Å². The Hall–Kier alpha value is -3.11. The molecule has 0 heterocycles. The average Bonchev–Trinajstić information content (AvgIpc) is 2.63. The highest BCUT2D eigenvalue weighted by atomic mass is 16.2. The van der Waals surface area contributed by atoms with Crippen LogP contribution in [0.5, 0.6) is 0 Å². The standard InChI is InChI=1S/C20H19N3O/c21-23(15-16-8-3-1-4-9-16)20(24)22-19-13-7-12-18(14-19)17-10-5-2-6-11-17/h1-14H,15,21H2,(H,22,24). The molecule has 120 valence electrons. The third kappa shape index (κ3) is 4.00. The SMILES string of the molecule is NN(Cc1ccccc1)C(=O)Nc1cccc(-c2ccccc2)c1. The second-order valence-electron chi connectivity index (χ2n) is 5.49. The van der Waals surface area contributed by atoms with E-state index in [4.69, 9.17) is 5.84 Å². The molecule has 0 aromatic heterocycles. The molecule has 0 radical (unpaired) electrons. The zero-order valence-corrected chi connectivity index (χ0v) is 13.2. The number of nitrogens with zero attached hydrogens (tertiary/aromatic N) is 1. The summed E-state index contributed by atoms with van der Waals surface area (Å²) in [6.45, 7) is 0.352. The fourth-order valence-electron chi connectivity index (χ4n) is 2.45. The number of amides is 2. The fourth-order valence-corrected chi connectivity index (χ4v) is 2.45. The lowest BCUT2D eigenvalue weighted by Crippen LogP contribution is -2.39. The van der Waals surface area contributed by atoms with Crippen LogP contribution in [0, 0.1) is 0 Å². The van der Waals surface area contributed by atoms with Gasteiger partial charge in [0.05, 0.1) is 6.54 Å². The molecule has 24 heavy (non-hydrogen) atoms. The first-order valence-electron chi connectivity index (χ1n) is 7.75. The summed E-state index contributed by atoms with van der Waals surface area (Å²) >= 11 is 0. The minimum atomic E-state index is -0.343. The largest absolute Gasteiger partial charge is 0.336 e. The summed E-state index contributed by atoms with van der Waals surface area (Å²) in [6, 6.07) is 27.0. The Morgan fingerprint density at radius 3 is 2.17 bits per heavy atom. The van der Waals surface area contributed by atoms with E-state index < -0.39 is 0 Å². The molecule has 0 bridgehead atoms. The van der Waals surface area contributed by atoms with Crippen LogP contribution in [0.2, 0.25) is 0 Å².